The molecule has 1 aromatic carbocycles. The maximum absolute atomic E-state index is 12.2. The Morgan fingerprint density at radius 3 is 3.00 bits per heavy atom. The molecule has 1 heterocycles. The van der Waals surface area contributed by atoms with Gasteiger partial charge >= 0.3 is 0 Å². The second-order valence-electron chi connectivity index (χ2n) is 6.44. The Labute approximate surface area is 126 Å². The number of amides is 1. The van der Waals surface area contributed by atoms with Crippen molar-refractivity contribution in [2.45, 2.75) is 44.7 Å². The van der Waals surface area contributed by atoms with Crippen molar-refractivity contribution < 1.29 is 4.79 Å². The van der Waals surface area contributed by atoms with E-state index in [0.717, 1.165) is 32.2 Å². The molecule has 1 fully saturated rings. The molecule has 3 unspecified atom stereocenters. The number of hydrogen-bond donors (Lipinski definition) is 2. The van der Waals surface area contributed by atoms with Crippen molar-refractivity contribution in [3.63, 3.8) is 0 Å². The van der Waals surface area contributed by atoms with Crippen LogP contribution in [0.25, 0.3) is 0 Å². The number of carbonyl (C=O) groups excluding carboxylic acids is 1. The number of anilines is 1. The van der Waals surface area contributed by atoms with Gasteiger partial charge in [0.1, 0.15) is 0 Å². The maximum atomic E-state index is 12.2. The highest BCUT2D eigenvalue weighted by Crippen LogP contribution is 2.29. The normalized spacial score (nSPS) is 25.7. The summed E-state index contributed by atoms with van der Waals surface area (Å²) < 4.78 is 0. The summed E-state index contributed by atoms with van der Waals surface area (Å²) in [6.45, 7) is 3.94. The summed E-state index contributed by atoms with van der Waals surface area (Å²) in [5.41, 5.74) is 8.62. The van der Waals surface area contributed by atoms with Crippen LogP contribution in [0.2, 0.25) is 0 Å². The Hall–Kier alpha value is -1.55. The minimum absolute atomic E-state index is 0.123. The van der Waals surface area contributed by atoms with Gasteiger partial charge in [-0.25, -0.2) is 0 Å². The summed E-state index contributed by atoms with van der Waals surface area (Å²) in [5, 5.41) is 3.12. The first kappa shape index (κ1) is 14.4. The van der Waals surface area contributed by atoms with Crippen LogP contribution in [-0.4, -0.2) is 31.1 Å². The number of carbonyl (C=O) groups is 1. The second-order valence-corrected chi connectivity index (χ2v) is 6.44. The molecule has 0 aromatic heterocycles. The fraction of sp³-hybridized carbons (Fsp3) is 0.588. The average molecular weight is 287 g/mol. The molecule has 1 aromatic rings. The Balaban J connectivity index is 1.53. The zero-order chi connectivity index (χ0) is 14.8. The number of benzene rings is 1. The van der Waals surface area contributed by atoms with E-state index >= 15 is 0 Å². The summed E-state index contributed by atoms with van der Waals surface area (Å²) in [6.07, 6.45) is 3.86. The number of para-hydroxylation sites is 1. The molecule has 0 saturated heterocycles. The lowest BCUT2D eigenvalue weighted by molar-refractivity contribution is -0.124. The topological polar surface area (TPSA) is 58.4 Å². The first-order chi connectivity index (χ1) is 10.1. The highest BCUT2D eigenvalue weighted by Gasteiger charge is 2.28. The monoisotopic (exact) mass is 287 g/mol. The maximum Gasteiger partial charge on any atom is 0.223 e. The van der Waals surface area contributed by atoms with Crippen LogP contribution in [0.4, 0.5) is 5.69 Å². The number of nitrogens with one attached hydrogen (secondary N) is 1. The van der Waals surface area contributed by atoms with Crippen molar-refractivity contribution in [1.82, 2.24) is 5.32 Å². The van der Waals surface area contributed by atoms with Gasteiger partial charge in [-0.3, -0.25) is 4.79 Å². The molecule has 1 amide bonds. The van der Waals surface area contributed by atoms with E-state index in [2.05, 4.69) is 41.4 Å². The number of nitrogens with zero attached hydrogens (tertiary/aromatic N) is 1. The van der Waals surface area contributed by atoms with Gasteiger partial charge in [0.15, 0.2) is 0 Å². The predicted molar refractivity (Wildman–Crippen MR) is 85.3 cm³/mol. The van der Waals surface area contributed by atoms with Gasteiger partial charge in [0.2, 0.25) is 5.91 Å². The molecule has 0 spiro atoms. The van der Waals surface area contributed by atoms with Gasteiger partial charge in [0.25, 0.3) is 0 Å². The van der Waals surface area contributed by atoms with Crippen LogP contribution >= 0.6 is 0 Å². The fourth-order valence-electron chi connectivity index (χ4n) is 3.58. The molecule has 4 heteroatoms. The Morgan fingerprint density at radius 1 is 1.43 bits per heavy atom. The predicted octanol–water partition coefficient (Wildman–Crippen LogP) is 1.68. The van der Waals surface area contributed by atoms with E-state index in [0.29, 0.717) is 12.6 Å². The van der Waals surface area contributed by atoms with Gasteiger partial charge in [0, 0.05) is 36.8 Å². The van der Waals surface area contributed by atoms with Crippen molar-refractivity contribution in [1.29, 1.82) is 0 Å². The summed E-state index contributed by atoms with van der Waals surface area (Å²) in [5.74, 6) is 0.306. The third kappa shape index (κ3) is 3.05. The molecule has 4 nitrogen and oxygen atoms in total. The van der Waals surface area contributed by atoms with Gasteiger partial charge in [-0.2, -0.15) is 0 Å². The van der Waals surface area contributed by atoms with Crippen LogP contribution in [0.15, 0.2) is 24.3 Å². The lowest BCUT2D eigenvalue weighted by Crippen LogP contribution is -2.43. The first-order valence-corrected chi connectivity index (χ1v) is 8.03. The number of rotatable bonds is 4. The first-order valence-electron chi connectivity index (χ1n) is 8.03. The van der Waals surface area contributed by atoms with E-state index < -0.39 is 0 Å². The van der Waals surface area contributed by atoms with Crippen LogP contribution < -0.4 is 16.0 Å². The molecule has 114 valence electrons. The van der Waals surface area contributed by atoms with E-state index in [9.17, 15) is 4.79 Å². The SMILES string of the molecule is CC(CNC(=O)C1CCC(N)C1)N1CCc2ccccc21. The van der Waals surface area contributed by atoms with E-state index in [4.69, 9.17) is 5.73 Å². The molecule has 2 aliphatic rings. The quantitative estimate of drug-likeness (QED) is 0.886. The van der Waals surface area contributed by atoms with E-state index in [-0.39, 0.29) is 17.9 Å². The van der Waals surface area contributed by atoms with E-state index in [1.165, 1.54) is 11.3 Å². The van der Waals surface area contributed by atoms with Gasteiger partial charge in [0.05, 0.1) is 0 Å². The minimum Gasteiger partial charge on any atom is -0.366 e. The standard InChI is InChI=1S/C17H25N3O/c1-12(11-19-17(21)14-6-7-15(18)10-14)20-9-8-13-4-2-3-5-16(13)20/h2-5,12,14-15H,6-11,18H2,1H3,(H,19,21). The summed E-state index contributed by atoms with van der Waals surface area (Å²) >= 11 is 0. The molecule has 1 aliphatic heterocycles. The average Bonchev–Trinajstić information content (AvgIpc) is 3.10. The lowest BCUT2D eigenvalue weighted by atomic mass is 10.1. The highest BCUT2D eigenvalue weighted by molar-refractivity contribution is 5.79. The molecule has 3 N–H and O–H groups in total. The van der Waals surface area contributed by atoms with Crippen LogP contribution in [0.3, 0.4) is 0 Å². The largest absolute Gasteiger partial charge is 0.366 e. The van der Waals surface area contributed by atoms with E-state index in [1.54, 1.807) is 0 Å². The van der Waals surface area contributed by atoms with Crippen molar-refractivity contribution in [2.75, 3.05) is 18.0 Å². The molecule has 21 heavy (non-hydrogen) atoms. The molecule has 1 aliphatic carbocycles. The molecular weight excluding hydrogens is 262 g/mol. The fourth-order valence-corrected chi connectivity index (χ4v) is 3.58. The number of nitrogens with two attached hydrogens (primary N) is 1. The summed E-state index contributed by atoms with van der Waals surface area (Å²) in [4.78, 5) is 14.6. The lowest BCUT2D eigenvalue weighted by Gasteiger charge is -2.28. The number of fused-ring (bicyclic) bond motifs is 1. The van der Waals surface area contributed by atoms with Crippen LogP contribution in [0, 0.1) is 5.92 Å². The van der Waals surface area contributed by atoms with Crippen molar-refractivity contribution in [3.8, 4) is 0 Å². The van der Waals surface area contributed by atoms with Crippen LogP contribution in [0.5, 0.6) is 0 Å². The van der Waals surface area contributed by atoms with Crippen LogP contribution in [0.1, 0.15) is 31.7 Å². The smallest absolute Gasteiger partial charge is 0.223 e. The Kier molecular flexibility index (Phi) is 4.15. The molecule has 0 bridgehead atoms. The highest BCUT2D eigenvalue weighted by atomic mass is 16.1. The van der Waals surface area contributed by atoms with Crippen molar-refractivity contribution in [3.05, 3.63) is 29.8 Å². The van der Waals surface area contributed by atoms with Crippen molar-refractivity contribution >= 4 is 11.6 Å². The minimum atomic E-state index is 0.123. The van der Waals surface area contributed by atoms with Gasteiger partial charge in [-0.05, 0) is 44.2 Å². The van der Waals surface area contributed by atoms with Crippen LogP contribution in [-0.2, 0) is 11.2 Å². The molecular formula is C17H25N3O. The van der Waals surface area contributed by atoms with Gasteiger partial charge in [-0.15, -0.1) is 0 Å². The Bertz CT molecular complexity index is 517. The summed E-state index contributed by atoms with van der Waals surface area (Å²) in [7, 11) is 0. The molecule has 0 radical (unpaired) electrons. The molecule has 1 saturated carbocycles. The van der Waals surface area contributed by atoms with Gasteiger partial charge in [-0.1, -0.05) is 18.2 Å². The van der Waals surface area contributed by atoms with E-state index in [1.807, 2.05) is 0 Å². The van der Waals surface area contributed by atoms with Gasteiger partial charge < -0.3 is 16.0 Å². The Morgan fingerprint density at radius 2 is 2.24 bits per heavy atom. The zero-order valence-electron chi connectivity index (χ0n) is 12.7. The third-order valence-electron chi connectivity index (χ3n) is 4.87. The number of hydrogen-bond acceptors (Lipinski definition) is 3. The second kappa shape index (κ2) is 6.06. The third-order valence-corrected chi connectivity index (χ3v) is 4.87. The summed E-state index contributed by atoms with van der Waals surface area (Å²) in [6, 6.07) is 9.09. The zero-order valence-corrected chi connectivity index (χ0v) is 12.7. The van der Waals surface area contributed by atoms with Crippen molar-refractivity contribution in [2.24, 2.45) is 11.7 Å². The molecule has 3 rings (SSSR count). The molecule has 3 atom stereocenters.